The van der Waals surface area contributed by atoms with Crippen LogP contribution < -0.4 is 10.9 Å². The number of carbonyl (C=O) groups excluding carboxylic acids is 2. The van der Waals surface area contributed by atoms with Crippen molar-refractivity contribution < 1.29 is 22.4 Å². The van der Waals surface area contributed by atoms with Gasteiger partial charge in [-0.3, -0.25) is 20.4 Å². The van der Waals surface area contributed by atoms with Gasteiger partial charge in [0.1, 0.15) is 33.8 Å². The van der Waals surface area contributed by atoms with Crippen LogP contribution in [0.4, 0.5) is 0 Å². The number of aromatic nitrogens is 3. The van der Waals surface area contributed by atoms with Crippen LogP contribution in [0.2, 0.25) is 0 Å². The third-order valence-corrected chi connectivity index (χ3v) is 7.31. The molecule has 0 fully saturated rings. The fourth-order valence-electron chi connectivity index (χ4n) is 3.23. The summed E-state index contributed by atoms with van der Waals surface area (Å²) in [6.45, 7) is 0. The maximum Gasteiger partial charge on any atom is 0.289 e. The van der Waals surface area contributed by atoms with Crippen molar-refractivity contribution in [2.24, 2.45) is 7.05 Å². The molecular weight excluding hydrogens is 466 g/mol. The summed E-state index contributed by atoms with van der Waals surface area (Å²) in [5.41, 5.74) is 6.51. The van der Waals surface area contributed by atoms with Gasteiger partial charge in [0.25, 0.3) is 5.91 Å². The number of furan rings is 1. The molecule has 3 aromatic heterocycles. The Morgan fingerprint density at radius 3 is 2.67 bits per heavy atom. The van der Waals surface area contributed by atoms with Crippen LogP contribution in [-0.2, 0) is 39.6 Å². The number of thiazole rings is 1. The number of para-hydroxylation sites is 2. The molecule has 0 saturated carbocycles. The number of benzene rings is 1. The first-order chi connectivity index (χ1) is 15.8. The Kier molecular flexibility index (Phi) is 6.56. The Balaban J connectivity index is 1.26. The summed E-state index contributed by atoms with van der Waals surface area (Å²) in [6.07, 6.45) is 1.94. The molecule has 0 aliphatic carbocycles. The van der Waals surface area contributed by atoms with Crippen LogP contribution in [-0.4, -0.2) is 34.8 Å². The van der Waals surface area contributed by atoms with Gasteiger partial charge in [-0.05, 0) is 24.3 Å². The van der Waals surface area contributed by atoms with Crippen molar-refractivity contribution in [3.8, 4) is 0 Å². The quantitative estimate of drug-likeness (QED) is 0.363. The van der Waals surface area contributed by atoms with E-state index in [4.69, 9.17) is 4.42 Å². The van der Waals surface area contributed by atoms with Crippen LogP contribution >= 0.6 is 11.3 Å². The largest absolute Gasteiger partial charge is 0.468 e. The maximum absolute atomic E-state index is 12.3. The number of rotatable bonds is 8. The maximum atomic E-state index is 12.3. The molecule has 2 amide bonds. The highest BCUT2D eigenvalue weighted by molar-refractivity contribution is 7.89. The van der Waals surface area contributed by atoms with E-state index in [0.717, 1.165) is 28.2 Å². The lowest BCUT2D eigenvalue weighted by Gasteiger charge is -2.06. The molecule has 0 spiro atoms. The van der Waals surface area contributed by atoms with E-state index < -0.39 is 15.7 Å². The minimum absolute atomic E-state index is 0.0267. The third-order valence-electron chi connectivity index (χ3n) is 4.84. The summed E-state index contributed by atoms with van der Waals surface area (Å²) in [5, 5.41) is 1.72. The normalized spacial score (nSPS) is 11.5. The molecule has 33 heavy (non-hydrogen) atoms. The minimum Gasteiger partial charge on any atom is -0.468 e. The molecule has 10 nitrogen and oxygen atoms in total. The molecule has 3 heterocycles. The molecule has 172 valence electrons. The lowest BCUT2D eigenvalue weighted by atomic mass is 10.3. The summed E-state index contributed by atoms with van der Waals surface area (Å²) in [6, 6.07) is 10.9. The Morgan fingerprint density at radius 2 is 1.91 bits per heavy atom. The van der Waals surface area contributed by atoms with E-state index in [9.17, 15) is 18.0 Å². The molecule has 0 saturated heterocycles. The van der Waals surface area contributed by atoms with Gasteiger partial charge in [0, 0.05) is 25.3 Å². The van der Waals surface area contributed by atoms with Gasteiger partial charge in [-0.25, -0.2) is 18.4 Å². The smallest absolute Gasteiger partial charge is 0.289 e. The first-order valence-corrected chi connectivity index (χ1v) is 12.7. The predicted octanol–water partition coefficient (Wildman–Crippen LogP) is 2.13. The second-order valence-corrected chi connectivity index (χ2v) is 10.3. The number of nitrogens with zero attached hydrogens (tertiary/aromatic N) is 3. The van der Waals surface area contributed by atoms with Gasteiger partial charge in [-0.2, -0.15) is 0 Å². The monoisotopic (exact) mass is 487 g/mol. The fraction of sp³-hybridized carbons (Fsp3) is 0.238. The lowest BCUT2D eigenvalue weighted by Crippen LogP contribution is -2.41. The Bertz CT molecular complexity index is 1390. The molecule has 1 aromatic carbocycles. The second-order valence-electron chi connectivity index (χ2n) is 7.32. The van der Waals surface area contributed by atoms with Crippen LogP contribution in [0, 0.1) is 0 Å². The number of aryl methyl sites for hydroxylation is 2. The number of amides is 2. The molecule has 0 atom stereocenters. The lowest BCUT2D eigenvalue weighted by molar-refractivity contribution is -0.121. The van der Waals surface area contributed by atoms with Gasteiger partial charge in [0.15, 0.2) is 9.84 Å². The van der Waals surface area contributed by atoms with Crippen LogP contribution in [0.1, 0.15) is 33.5 Å². The third kappa shape index (κ3) is 5.65. The average molecular weight is 488 g/mol. The summed E-state index contributed by atoms with van der Waals surface area (Å²) in [5.74, 6) is -0.467. The van der Waals surface area contributed by atoms with Gasteiger partial charge < -0.3 is 8.98 Å². The highest BCUT2D eigenvalue weighted by atomic mass is 32.2. The van der Waals surface area contributed by atoms with E-state index in [2.05, 4.69) is 20.8 Å². The van der Waals surface area contributed by atoms with Gasteiger partial charge in [-0.15, -0.1) is 11.3 Å². The number of nitrogens with one attached hydrogen (secondary N) is 2. The average Bonchev–Trinajstić information content (AvgIpc) is 3.52. The molecule has 4 rings (SSSR count). The SMILES string of the molecule is Cn1c(CCC(=O)NNC(=O)c2csc(CS(=O)(=O)Cc3ccco3)n2)nc2ccccc21. The second kappa shape index (κ2) is 9.55. The van der Waals surface area contributed by atoms with E-state index in [1.165, 1.54) is 11.6 Å². The summed E-state index contributed by atoms with van der Waals surface area (Å²) < 4.78 is 31.5. The zero-order chi connectivity index (χ0) is 23.4. The van der Waals surface area contributed by atoms with Crippen LogP contribution in [0.25, 0.3) is 11.0 Å². The van der Waals surface area contributed by atoms with Gasteiger partial charge >= 0.3 is 0 Å². The minimum atomic E-state index is -3.50. The van der Waals surface area contributed by atoms with Gasteiger partial charge in [-0.1, -0.05) is 12.1 Å². The van der Waals surface area contributed by atoms with Crippen molar-refractivity contribution in [3.05, 3.63) is 70.3 Å². The van der Waals surface area contributed by atoms with Crippen molar-refractivity contribution >= 4 is 44.0 Å². The molecule has 0 bridgehead atoms. The first-order valence-electron chi connectivity index (χ1n) is 9.97. The van der Waals surface area contributed by atoms with Crippen molar-refractivity contribution in [2.75, 3.05) is 0 Å². The van der Waals surface area contributed by atoms with Crippen molar-refractivity contribution in [1.82, 2.24) is 25.4 Å². The number of hydrogen-bond donors (Lipinski definition) is 2. The molecule has 4 aromatic rings. The van der Waals surface area contributed by atoms with Gasteiger partial charge in [0.2, 0.25) is 5.91 Å². The van der Waals surface area contributed by atoms with Crippen molar-refractivity contribution in [2.45, 2.75) is 24.3 Å². The van der Waals surface area contributed by atoms with Crippen LogP contribution in [0.5, 0.6) is 0 Å². The number of carbonyl (C=O) groups is 2. The van der Waals surface area contributed by atoms with Crippen LogP contribution in [0.3, 0.4) is 0 Å². The van der Waals surface area contributed by atoms with E-state index in [-0.39, 0.29) is 34.5 Å². The molecular formula is C21H21N5O5S2. The molecule has 0 aliphatic heterocycles. The zero-order valence-electron chi connectivity index (χ0n) is 17.6. The standard InChI is InChI=1S/C21H21N5O5S2/c1-26-17-7-3-2-6-15(17)22-18(26)8-9-19(27)24-25-21(28)16-11-32-20(23-16)13-33(29,30)12-14-5-4-10-31-14/h2-7,10-11H,8-9,12-13H2,1H3,(H,24,27)(H,25,28). The Labute approximate surface area is 193 Å². The number of fused-ring (bicyclic) bond motifs is 1. The van der Waals surface area contributed by atoms with E-state index in [1.54, 1.807) is 12.1 Å². The van der Waals surface area contributed by atoms with Crippen molar-refractivity contribution in [1.29, 1.82) is 0 Å². The zero-order valence-corrected chi connectivity index (χ0v) is 19.3. The number of sulfone groups is 1. The number of imidazole rings is 1. The fourth-order valence-corrected chi connectivity index (χ4v) is 5.74. The van der Waals surface area contributed by atoms with Crippen molar-refractivity contribution in [3.63, 3.8) is 0 Å². The number of hydrogen-bond acceptors (Lipinski definition) is 8. The summed E-state index contributed by atoms with van der Waals surface area (Å²) >= 11 is 1.06. The number of hydrazine groups is 1. The molecule has 0 radical (unpaired) electrons. The summed E-state index contributed by atoms with van der Waals surface area (Å²) in [7, 11) is -1.61. The van der Waals surface area contributed by atoms with Crippen LogP contribution in [0.15, 0.2) is 52.5 Å². The topological polar surface area (TPSA) is 136 Å². The highest BCUT2D eigenvalue weighted by Gasteiger charge is 2.19. The predicted molar refractivity (Wildman–Crippen MR) is 122 cm³/mol. The van der Waals surface area contributed by atoms with Gasteiger partial charge in [0.05, 0.1) is 17.3 Å². The van der Waals surface area contributed by atoms with E-state index >= 15 is 0 Å². The van der Waals surface area contributed by atoms with E-state index in [0.29, 0.717) is 12.2 Å². The Morgan fingerprint density at radius 1 is 1.09 bits per heavy atom. The van der Waals surface area contributed by atoms with E-state index in [1.807, 2.05) is 35.9 Å². The molecule has 0 aliphatic rings. The molecule has 2 N–H and O–H groups in total. The highest BCUT2D eigenvalue weighted by Crippen LogP contribution is 2.17. The first kappa shape index (κ1) is 22.7. The Hall–Kier alpha value is -3.51. The molecule has 12 heteroatoms. The molecule has 0 unspecified atom stereocenters. The summed E-state index contributed by atoms with van der Waals surface area (Å²) in [4.78, 5) is 33.0.